The SMILES string of the molecule is NCc1ccncc1N1Cc2ccccc2C1. The minimum atomic E-state index is 0.560. The van der Waals surface area contributed by atoms with E-state index in [9.17, 15) is 0 Å². The average molecular weight is 225 g/mol. The van der Waals surface area contributed by atoms with Gasteiger partial charge >= 0.3 is 0 Å². The molecule has 1 aromatic heterocycles. The van der Waals surface area contributed by atoms with Crippen LogP contribution >= 0.6 is 0 Å². The van der Waals surface area contributed by atoms with Crippen molar-refractivity contribution in [2.24, 2.45) is 5.73 Å². The molecular weight excluding hydrogens is 210 g/mol. The van der Waals surface area contributed by atoms with E-state index in [-0.39, 0.29) is 0 Å². The summed E-state index contributed by atoms with van der Waals surface area (Å²) in [6.45, 7) is 2.47. The minimum Gasteiger partial charge on any atom is -0.361 e. The van der Waals surface area contributed by atoms with Gasteiger partial charge in [0.15, 0.2) is 0 Å². The Morgan fingerprint density at radius 2 is 1.82 bits per heavy atom. The third-order valence-corrected chi connectivity index (χ3v) is 3.29. The Morgan fingerprint density at radius 1 is 1.12 bits per heavy atom. The van der Waals surface area contributed by atoms with E-state index < -0.39 is 0 Å². The van der Waals surface area contributed by atoms with Gasteiger partial charge in [-0.3, -0.25) is 4.98 Å². The topological polar surface area (TPSA) is 42.1 Å². The van der Waals surface area contributed by atoms with E-state index in [4.69, 9.17) is 5.73 Å². The maximum absolute atomic E-state index is 5.77. The summed E-state index contributed by atoms with van der Waals surface area (Å²) in [4.78, 5) is 6.54. The van der Waals surface area contributed by atoms with Gasteiger partial charge in [0.25, 0.3) is 0 Å². The van der Waals surface area contributed by atoms with Gasteiger partial charge in [-0.25, -0.2) is 0 Å². The molecular formula is C14H15N3. The Kier molecular flexibility index (Phi) is 2.53. The number of rotatable bonds is 2. The summed E-state index contributed by atoms with van der Waals surface area (Å²) in [5.74, 6) is 0. The Morgan fingerprint density at radius 3 is 2.47 bits per heavy atom. The first-order chi connectivity index (χ1) is 8.38. The molecule has 0 fully saturated rings. The molecule has 1 aliphatic rings. The highest BCUT2D eigenvalue weighted by Crippen LogP contribution is 2.29. The Bertz CT molecular complexity index is 511. The highest BCUT2D eigenvalue weighted by molar-refractivity contribution is 5.55. The molecule has 0 amide bonds. The molecule has 0 bridgehead atoms. The molecule has 2 aromatic rings. The van der Waals surface area contributed by atoms with Crippen LogP contribution in [0.5, 0.6) is 0 Å². The predicted octanol–water partition coefficient (Wildman–Crippen LogP) is 2.06. The molecule has 2 heterocycles. The first-order valence-corrected chi connectivity index (χ1v) is 5.83. The predicted molar refractivity (Wildman–Crippen MR) is 68.5 cm³/mol. The molecule has 0 atom stereocenters. The molecule has 0 unspecified atom stereocenters. The Labute approximate surface area is 101 Å². The minimum absolute atomic E-state index is 0.560. The number of nitrogens with two attached hydrogens (primary N) is 1. The van der Waals surface area contributed by atoms with Crippen LogP contribution < -0.4 is 10.6 Å². The number of pyridine rings is 1. The van der Waals surface area contributed by atoms with Crippen molar-refractivity contribution in [3.05, 3.63) is 59.4 Å². The van der Waals surface area contributed by atoms with Gasteiger partial charge in [0, 0.05) is 25.8 Å². The zero-order valence-corrected chi connectivity index (χ0v) is 9.63. The molecule has 86 valence electrons. The lowest BCUT2D eigenvalue weighted by Crippen LogP contribution is -2.17. The molecule has 0 saturated carbocycles. The molecule has 1 aliphatic heterocycles. The molecule has 1 aromatic carbocycles. The number of benzene rings is 1. The lowest BCUT2D eigenvalue weighted by molar-refractivity contribution is 0.859. The van der Waals surface area contributed by atoms with Gasteiger partial charge in [0.2, 0.25) is 0 Å². The number of anilines is 1. The summed E-state index contributed by atoms with van der Waals surface area (Å²) in [6, 6.07) is 10.6. The van der Waals surface area contributed by atoms with E-state index >= 15 is 0 Å². The summed E-state index contributed by atoms with van der Waals surface area (Å²) in [5.41, 5.74) is 10.9. The number of hydrogen-bond acceptors (Lipinski definition) is 3. The van der Waals surface area contributed by atoms with Gasteiger partial charge in [-0.05, 0) is 22.8 Å². The molecule has 0 aliphatic carbocycles. The van der Waals surface area contributed by atoms with E-state index in [1.54, 1.807) is 6.20 Å². The third-order valence-electron chi connectivity index (χ3n) is 3.29. The van der Waals surface area contributed by atoms with Gasteiger partial charge < -0.3 is 10.6 Å². The van der Waals surface area contributed by atoms with Crippen molar-refractivity contribution in [3.8, 4) is 0 Å². The molecule has 3 rings (SSSR count). The van der Waals surface area contributed by atoms with E-state index in [1.165, 1.54) is 11.1 Å². The fraction of sp³-hybridized carbons (Fsp3) is 0.214. The van der Waals surface area contributed by atoms with Crippen molar-refractivity contribution in [1.29, 1.82) is 0 Å². The van der Waals surface area contributed by atoms with Gasteiger partial charge in [-0.15, -0.1) is 0 Å². The number of fused-ring (bicyclic) bond motifs is 1. The van der Waals surface area contributed by atoms with Gasteiger partial charge in [0.1, 0.15) is 0 Å². The molecule has 0 spiro atoms. The van der Waals surface area contributed by atoms with E-state index in [0.717, 1.165) is 24.3 Å². The van der Waals surface area contributed by atoms with E-state index in [0.29, 0.717) is 6.54 Å². The van der Waals surface area contributed by atoms with Crippen LogP contribution in [0.2, 0.25) is 0 Å². The summed E-state index contributed by atoms with van der Waals surface area (Å²) in [6.07, 6.45) is 3.71. The van der Waals surface area contributed by atoms with Crippen LogP contribution in [0.1, 0.15) is 16.7 Å². The first-order valence-electron chi connectivity index (χ1n) is 5.83. The number of hydrogen-bond donors (Lipinski definition) is 1. The zero-order chi connectivity index (χ0) is 11.7. The highest BCUT2D eigenvalue weighted by Gasteiger charge is 2.20. The van der Waals surface area contributed by atoms with Crippen LogP contribution in [0.25, 0.3) is 0 Å². The van der Waals surface area contributed by atoms with Crippen LogP contribution in [-0.2, 0) is 19.6 Å². The Hall–Kier alpha value is -1.87. The Balaban J connectivity index is 1.94. The summed E-state index contributed by atoms with van der Waals surface area (Å²) < 4.78 is 0. The van der Waals surface area contributed by atoms with Crippen molar-refractivity contribution in [2.75, 3.05) is 4.90 Å². The molecule has 0 saturated heterocycles. The average Bonchev–Trinajstić information content (AvgIpc) is 2.82. The second-order valence-electron chi connectivity index (χ2n) is 4.33. The van der Waals surface area contributed by atoms with Gasteiger partial charge in [0.05, 0.1) is 11.9 Å². The van der Waals surface area contributed by atoms with Gasteiger partial charge in [-0.2, -0.15) is 0 Å². The molecule has 3 heteroatoms. The van der Waals surface area contributed by atoms with E-state index in [2.05, 4.69) is 34.1 Å². The van der Waals surface area contributed by atoms with E-state index in [1.807, 2.05) is 12.3 Å². The monoisotopic (exact) mass is 225 g/mol. The second-order valence-corrected chi connectivity index (χ2v) is 4.33. The maximum Gasteiger partial charge on any atom is 0.0604 e. The lowest BCUT2D eigenvalue weighted by atomic mass is 10.1. The van der Waals surface area contributed by atoms with Crippen molar-refractivity contribution >= 4 is 5.69 Å². The first kappa shape index (κ1) is 10.3. The lowest BCUT2D eigenvalue weighted by Gasteiger charge is -2.20. The summed E-state index contributed by atoms with van der Waals surface area (Å²) in [5, 5.41) is 0. The van der Waals surface area contributed by atoms with Crippen molar-refractivity contribution in [3.63, 3.8) is 0 Å². The van der Waals surface area contributed by atoms with Crippen LogP contribution in [-0.4, -0.2) is 4.98 Å². The second kappa shape index (κ2) is 4.18. The van der Waals surface area contributed by atoms with Crippen LogP contribution in [0.3, 0.4) is 0 Å². The zero-order valence-electron chi connectivity index (χ0n) is 9.63. The summed E-state index contributed by atoms with van der Waals surface area (Å²) >= 11 is 0. The summed E-state index contributed by atoms with van der Waals surface area (Å²) in [7, 11) is 0. The van der Waals surface area contributed by atoms with Crippen molar-refractivity contribution in [2.45, 2.75) is 19.6 Å². The van der Waals surface area contributed by atoms with Gasteiger partial charge in [-0.1, -0.05) is 24.3 Å². The largest absolute Gasteiger partial charge is 0.361 e. The fourth-order valence-electron chi connectivity index (χ4n) is 2.38. The molecule has 0 radical (unpaired) electrons. The van der Waals surface area contributed by atoms with Crippen LogP contribution in [0.4, 0.5) is 5.69 Å². The molecule has 3 nitrogen and oxygen atoms in total. The standard InChI is InChI=1S/C14H15N3/c15-7-11-5-6-16-8-14(11)17-9-12-3-1-2-4-13(12)10-17/h1-6,8H,7,9-10,15H2. The maximum atomic E-state index is 5.77. The van der Waals surface area contributed by atoms with Crippen molar-refractivity contribution in [1.82, 2.24) is 4.98 Å². The van der Waals surface area contributed by atoms with Crippen LogP contribution in [0.15, 0.2) is 42.7 Å². The van der Waals surface area contributed by atoms with Crippen LogP contribution in [0, 0.1) is 0 Å². The highest BCUT2D eigenvalue weighted by atomic mass is 15.2. The fourth-order valence-corrected chi connectivity index (χ4v) is 2.38. The normalized spacial score (nSPS) is 13.8. The van der Waals surface area contributed by atoms with Crippen molar-refractivity contribution < 1.29 is 0 Å². The quantitative estimate of drug-likeness (QED) is 0.850. The third kappa shape index (κ3) is 1.78. The number of nitrogens with zero attached hydrogens (tertiary/aromatic N) is 2. The molecule has 2 N–H and O–H groups in total. The smallest absolute Gasteiger partial charge is 0.0604 e. The number of aromatic nitrogens is 1. The molecule has 17 heavy (non-hydrogen) atoms.